The largest absolute Gasteiger partial charge is 0.0984 e. The predicted molar refractivity (Wildman–Crippen MR) is 492 cm³/mol. The van der Waals surface area contributed by atoms with Gasteiger partial charge >= 0.3 is 0 Å². The zero-order valence-electron chi connectivity index (χ0n) is 67.5. The molecule has 0 bridgehead atoms. The number of rotatable bonds is 6. The highest BCUT2D eigenvalue weighted by Gasteiger charge is 2.22. The monoisotopic (exact) mass is 1430 g/mol. The normalized spacial score (nSPS) is 11.5. The van der Waals surface area contributed by atoms with Crippen LogP contribution in [0, 0.1) is 62.3 Å². The smallest absolute Gasteiger partial charge is 0.00265 e. The summed E-state index contributed by atoms with van der Waals surface area (Å²) in [6, 6.07) is 112. The molecule has 0 radical (unpaired) electrons. The maximum absolute atomic E-state index is 4.04. The molecule has 0 saturated heterocycles. The molecule has 0 fully saturated rings. The lowest BCUT2D eigenvalue weighted by Crippen LogP contribution is -2.10. The molecule has 18 aromatic rings. The van der Waals surface area contributed by atoms with Gasteiger partial charge in [-0.3, -0.25) is 0 Å². The van der Waals surface area contributed by atoms with E-state index in [0.29, 0.717) is 0 Å². The summed E-state index contributed by atoms with van der Waals surface area (Å²) in [7, 11) is 0. The molecule has 0 heteroatoms. The molecule has 18 rings (SSSR count). The van der Waals surface area contributed by atoms with Gasteiger partial charge in [0.2, 0.25) is 0 Å². The van der Waals surface area contributed by atoms with Crippen LogP contribution in [0.5, 0.6) is 0 Å². The number of aryl methyl sites for hydroxylation is 9. The van der Waals surface area contributed by atoms with Crippen LogP contribution in [0.25, 0.3) is 154 Å². The maximum Gasteiger partial charge on any atom is -0.00265 e. The topological polar surface area (TPSA) is 0 Å². The SMILES string of the molecule is C=Cc1c(C=C)c(-c2ccccc2)c2ccc(C)cc2c1C.Cc1c2ccccc2c(-c2ccccc2)c2cc(C(C)(C)C)ccc12.Cc1c2ccccc2c(-c2ccccc2)c2ccc(C(C)(C)C)cc12.Cc1ccc2c(C)c3ccccc3c(-c3ccccc3)c2c1.Cc1ccc2c(C)c3ccccc3c(C)c2c1. The summed E-state index contributed by atoms with van der Waals surface area (Å²) >= 11 is 0. The van der Waals surface area contributed by atoms with Crippen LogP contribution < -0.4 is 0 Å². The van der Waals surface area contributed by atoms with E-state index in [-0.39, 0.29) is 10.8 Å². The standard InChI is InChI=1S/2C25H24.C22H18.C22H20.C17H16/c1-17-20-12-8-9-13-22(20)24(18-10-6-5-7-11-18)23-16-19(25(2,3)4)14-15-21(17)23;1-17-20-12-8-9-13-21(20)24(18-10-6-5-7-11-18)22-15-14-19(16-23(17)22)25(2,3)4;1-15-12-13-19-16(2)18-10-6-7-11-20(18)22(21(19)14-15)17-8-4-3-5-9-17;1-5-18-16(4)21-14-15(3)12-13-20(21)22(19(18)6-2)17-10-8-7-9-11-17;1-11-8-9-16-12(2)14-6-4-5-7-15(14)13(3)17(16)10-11/h2*5-16H,1-4H3;3-14H,1-2H3;5-14H,1-2H2,3-4H3;4-10H,1-3H3. The quantitative estimate of drug-likeness (QED) is 0.146. The van der Waals surface area contributed by atoms with Crippen molar-refractivity contribution in [1.29, 1.82) is 0 Å². The van der Waals surface area contributed by atoms with Crippen LogP contribution in [0.2, 0.25) is 0 Å². The van der Waals surface area contributed by atoms with Crippen molar-refractivity contribution in [3.8, 4) is 44.5 Å². The number of benzene rings is 18. The molecule has 0 heterocycles. The van der Waals surface area contributed by atoms with Crippen LogP contribution in [0.15, 0.2) is 323 Å². The van der Waals surface area contributed by atoms with Gasteiger partial charge in [-0.1, -0.05) is 387 Å². The van der Waals surface area contributed by atoms with Gasteiger partial charge in [0.25, 0.3) is 0 Å². The minimum absolute atomic E-state index is 0.141. The summed E-state index contributed by atoms with van der Waals surface area (Å²) in [5.74, 6) is 0. The van der Waals surface area contributed by atoms with Crippen LogP contribution in [0.4, 0.5) is 0 Å². The fourth-order valence-corrected chi connectivity index (χ4v) is 16.9. The summed E-state index contributed by atoms with van der Waals surface area (Å²) in [4.78, 5) is 0. The second kappa shape index (κ2) is 31.8. The van der Waals surface area contributed by atoms with E-state index in [1.165, 1.54) is 208 Å². The van der Waals surface area contributed by atoms with Gasteiger partial charge in [-0.2, -0.15) is 0 Å². The highest BCUT2D eigenvalue weighted by atomic mass is 14.3. The summed E-state index contributed by atoms with van der Waals surface area (Å²) < 4.78 is 0. The summed E-state index contributed by atoms with van der Waals surface area (Å²) in [6.45, 7) is 41.6. The first-order valence-electron chi connectivity index (χ1n) is 39.3. The summed E-state index contributed by atoms with van der Waals surface area (Å²) in [5, 5.41) is 24.3. The molecule has 0 aliphatic rings. The molecule has 0 nitrogen and oxygen atoms in total. The maximum atomic E-state index is 4.04. The molecule has 0 aliphatic heterocycles. The molecule has 0 unspecified atom stereocenters. The Bertz CT molecular complexity index is 6550. The minimum Gasteiger partial charge on any atom is -0.0984 e. The Morgan fingerprint density at radius 1 is 0.189 bits per heavy atom. The van der Waals surface area contributed by atoms with E-state index in [2.05, 4.69) is 420 Å². The fraction of sp³-hybridized carbons (Fsp3) is 0.153. The number of fused-ring (bicyclic) bond motifs is 9. The van der Waals surface area contributed by atoms with Crippen molar-refractivity contribution in [1.82, 2.24) is 0 Å². The van der Waals surface area contributed by atoms with Crippen molar-refractivity contribution in [2.24, 2.45) is 0 Å². The van der Waals surface area contributed by atoms with Crippen molar-refractivity contribution in [3.63, 3.8) is 0 Å². The van der Waals surface area contributed by atoms with Crippen molar-refractivity contribution >= 4 is 109 Å². The summed E-state index contributed by atoms with van der Waals surface area (Å²) in [5.41, 5.74) is 27.8. The fourth-order valence-electron chi connectivity index (χ4n) is 16.9. The zero-order chi connectivity index (χ0) is 78.0. The zero-order valence-corrected chi connectivity index (χ0v) is 67.5. The van der Waals surface area contributed by atoms with Crippen molar-refractivity contribution < 1.29 is 0 Å². The van der Waals surface area contributed by atoms with Gasteiger partial charge in [-0.15, -0.1) is 0 Å². The first kappa shape index (κ1) is 75.6. The average molecular weight is 1440 g/mol. The van der Waals surface area contributed by atoms with E-state index >= 15 is 0 Å². The first-order chi connectivity index (χ1) is 53.5. The Kier molecular flexibility index (Phi) is 21.6. The van der Waals surface area contributed by atoms with Crippen molar-refractivity contribution in [2.45, 2.75) is 115 Å². The first-order valence-corrected chi connectivity index (χ1v) is 39.3. The summed E-state index contributed by atoms with van der Waals surface area (Å²) in [6.07, 6.45) is 3.90. The molecule has 0 aliphatic carbocycles. The van der Waals surface area contributed by atoms with Gasteiger partial charge in [0.05, 0.1) is 0 Å². The van der Waals surface area contributed by atoms with Gasteiger partial charge in [-0.25, -0.2) is 0 Å². The Hall–Kier alpha value is -12.2. The number of hydrogen-bond donors (Lipinski definition) is 0. The van der Waals surface area contributed by atoms with Crippen molar-refractivity contribution in [2.75, 3.05) is 0 Å². The molecule has 0 amide bonds. The third-order valence-electron chi connectivity index (χ3n) is 23.0. The highest BCUT2D eigenvalue weighted by Crippen LogP contribution is 2.45. The van der Waals surface area contributed by atoms with Gasteiger partial charge in [0, 0.05) is 0 Å². The Morgan fingerprint density at radius 3 is 0.766 bits per heavy atom. The molecule has 18 aromatic carbocycles. The highest BCUT2D eigenvalue weighted by molar-refractivity contribution is 6.18. The molecule has 111 heavy (non-hydrogen) atoms. The van der Waals surface area contributed by atoms with Crippen LogP contribution >= 0.6 is 0 Å². The van der Waals surface area contributed by atoms with Crippen LogP contribution in [-0.4, -0.2) is 0 Å². The van der Waals surface area contributed by atoms with Crippen LogP contribution in [0.1, 0.15) is 114 Å². The average Bonchev–Trinajstić information content (AvgIpc) is 0.766. The lowest BCUT2D eigenvalue weighted by molar-refractivity contribution is 0.591. The van der Waals surface area contributed by atoms with E-state index in [9.17, 15) is 0 Å². The second-order valence-corrected chi connectivity index (χ2v) is 32.3. The van der Waals surface area contributed by atoms with Crippen LogP contribution in [-0.2, 0) is 10.8 Å². The molecule has 0 aromatic heterocycles. The van der Waals surface area contributed by atoms with Crippen molar-refractivity contribution in [3.05, 3.63) is 395 Å². The Balaban J connectivity index is 0.000000116. The van der Waals surface area contributed by atoms with E-state index in [4.69, 9.17) is 0 Å². The van der Waals surface area contributed by atoms with E-state index in [1.807, 2.05) is 18.2 Å². The lowest BCUT2D eigenvalue weighted by atomic mass is 9.82. The van der Waals surface area contributed by atoms with Crippen LogP contribution in [0.3, 0.4) is 0 Å². The lowest BCUT2D eigenvalue weighted by Gasteiger charge is -2.22. The van der Waals surface area contributed by atoms with Gasteiger partial charge in [0.15, 0.2) is 0 Å². The van der Waals surface area contributed by atoms with E-state index < -0.39 is 0 Å². The molecule has 0 atom stereocenters. The molecular formula is C111H102. The minimum atomic E-state index is 0.141. The predicted octanol–water partition coefficient (Wildman–Crippen LogP) is 32.1. The van der Waals surface area contributed by atoms with Gasteiger partial charge < -0.3 is 0 Å². The Morgan fingerprint density at radius 2 is 0.405 bits per heavy atom. The molecular weight excluding hydrogens is 1330 g/mol. The third kappa shape index (κ3) is 15.0. The molecule has 546 valence electrons. The Labute approximate surface area is 658 Å². The molecule has 0 spiro atoms. The third-order valence-corrected chi connectivity index (χ3v) is 23.0. The van der Waals surface area contributed by atoms with Gasteiger partial charge in [-0.05, 0) is 276 Å². The molecule has 0 N–H and O–H groups in total. The number of hydrogen-bond acceptors (Lipinski definition) is 0. The van der Waals surface area contributed by atoms with E-state index in [1.54, 1.807) is 0 Å². The second-order valence-electron chi connectivity index (χ2n) is 32.3. The molecule has 0 saturated carbocycles. The van der Waals surface area contributed by atoms with E-state index in [0.717, 1.165) is 5.56 Å². The van der Waals surface area contributed by atoms with Gasteiger partial charge in [0.1, 0.15) is 0 Å².